The van der Waals surface area contributed by atoms with E-state index in [1.165, 1.54) is 0 Å². The quantitative estimate of drug-likeness (QED) is 0.900. The van der Waals surface area contributed by atoms with E-state index in [4.69, 9.17) is 16.7 Å². The van der Waals surface area contributed by atoms with Gasteiger partial charge in [0, 0.05) is 36.8 Å². The Morgan fingerprint density at radius 3 is 2.17 bits per heavy atom. The summed E-state index contributed by atoms with van der Waals surface area (Å²) in [6, 6.07) is 6.80. The average Bonchev–Trinajstić information content (AvgIpc) is 2.52. The van der Waals surface area contributed by atoms with Crippen LogP contribution in [0, 0.1) is 11.8 Å². The number of halogens is 1. The number of carboxylic acid groups (broad SMARTS) is 1. The van der Waals surface area contributed by atoms with Crippen molar-refractivity contribution in [3.8, 4) is 0 Å². The molecule has 0 radical (unpaired) electrons. The third-order valence-electron chi connectivity index (χ3n) is 4.86. The molecule has 6 nitrogen and oxygen atoms in total. The number of carboxylic acids is 1. The van der Waals surface area contributed by atoms with Gasteiger partial charge in [0.25, 0.3) is 5.91 Å². The first-order chi connectivity index (χ1) is 11.5. The summed E-state index contributed by atoms with van der Waals surface area (Å²) in [6.07, 6.45) is 1.20. The zero-order valence-corrected chi connectivity index (χ0v) is 13.9. The fourth-order valence-corrected chi connectivity index (χ4v) is 3.45. The molecule has 0 spiro atoms. The second kappa shape index (κ2) is 6.81. The number of piperazine rings is 1. The number of amides is 2. The normalized spacial score (nSPS) is 23.5. The third kappa shape index (κ3) is 3.24. The molecule has 2 atom stereocenters. The van der Waals surface area contributed by atoms with Crippen LogP contribution in [-0.2, 0) is 9.59 Å². The van der Waals surface area contributed by atoms with Crippen LogP contribution in [0.25, 0.3) is 0 Å². The van der Waals surface area contributed by atoms with Gasteiger partial charge in [-0.3, -0.25) is 14.4 Å². The van der Waals surface area contributed by atoms with Gasteiger partial charge in [0.15, 0.2) is 0 Å². The van der Waals surface area contributed by atoms with Crippen LogP contribution in [-0.4, -0.2) is 58.9 Å². The van der Waals surface area contributed by atoms with Crippen molar-refractivity contribution in [3.63, 3.8) is 0 Å². The molecule has 2 unspecified atom stereocenters. The number of hydrogen-bond donors (Lipinski definition) is 1. The van der Waals surface area contributed by atoms with E-state index in [2.05, 4.69) is 0 Å². The molecule has 1 N–H and O–H groups in total. The number of carbonyl (C=O) groups is 3. The molecule has 0 bridgehead atoms. The van der Waals surface area contributed by atoms with E-state index < -0.39 is 17.8 Å². The predicted molar refractivity (Wildman–Crippen MR) is 87.8 cm³/mol. The molecule has 1 aromatic rings. The minimum Gasteiger partial charge on any atom is -0.481 e. The topological polar surface area (TPSA) is 77.9 Å². The van der Waals surface area contributed by atoms with E-state index in [0.29, 0.717) is 49.6 Å². The highest BCUT2D eigenvalue weighted by molar-refractivity contribution is 6.30. The lowest BCUT2D eigenvalue weighted by Gasteiger charge is -2.40. The number of hydrogen-bond acceptors (Lipinski definition) is 3. The van der Waals surface area contributed by atoms with Crippen LogP contribution in [0.2, 0.25) is 5.02 Å². The molecule has 0 aromatic heterocycles. The number of carbonyl (C=O) groups excluding carboxylic acids is 2. The SMILES string of the molecule is O=C(O)C1CCC1C(=O)N1CCN(C(=O)c2cccc(Cl)c2)CC1. The molecule has 24 heavy (non-hydrogen) atoms. The summed E-state index contributed by atoms with van der Waals surface area (Å²) in [4.78, 5) is 39.3. The lowest BCUT2D eigenvalue weighted by molar-refractivity contribution is -0.157. The first kappa shape index (κ1) is 16.8. The van der Waals surface area contributed by atoms with Gasteiger partial charge in [-0.15, -0.1) is 0 Å². The molecule has 1 saturated heterocycles. The van der Waals surface area contributed by atoms with Gasteiger partial charge in [-0.1, -0.05) is 17.7 Å². The second-order valence-electron chi connectivity index (χ2n) is 6.26. The van der Waals surface area contributed by atoms with Gasteiger partial charge in [0.1, 0.15) is 0 Å². The lowest BCUT2D eigenvalue weighted by atomic mass is 9.73. The summed E-state index contributed by atoms with van der Waals surface area (Å²) in [5, 5.41) is 9.59. The Labute approximate surface area is 145 Å². The Hall–Kier alpha value is -2.08. The maximum Gasteiger partial charge on any atom is 0.307 e. The molecule has 2 amide bonds. The zero-order valence-electron chi connectivity index (χ0n) is 13.2. The maximum atomic E-state index is 12.5. The molecule has 1 saturated carbocycles. The van der Waals surface area contributed by atoms with E-state index in [1.807, 2.05) is 0 Å². The molecule has 3 rings (SSSR count). The molecular weight excluding hydrogens is 332 g/mol. The Bertz CT molecular complexity index is 670. The second-order valence-corrected chi connectivity index (χ2v) is 6.69. The van der Waals surface area contributed by atoms with E-state index in [0.717, 1.165) is 0 Å². The van der Waals surface area contributed by atoms with Gasteiger partial charge < -0.3 is 14.9 Å². The summed E-state index contributed by atoms with van der Waals surface area (Å²) in [7, 11) is 0. The number of rotatable bonds is 3. The van der Waals surface area contributed by atoms with Crippen LogP contribution in [0.1, 0.15) is 23.2 Å². The van der Waals surface area contributed by atoms with Crippen molar-refractivity contribution in [1.82, 2.24) is 9.80 Å². The van der Waals surface area contributed by atoms with Crippen LogP contribution in [0.3, 0.4) is 0 Å². The highest BCUT2D eigenvalue weighted by Crippen LogP contribution is 2.36. The number of benzene rings is 1. The van der Waals surface area contributed by atoms with Gasteiger partial charge in [-0.2, -0.15) is 0 Å². The first-order valence-electron chi connectivity index (χ1n) is 8.04. The summed E-state index contributed by atoms with van der Waals surface area (Å²) >= 11 is 5.92. The van der Waals surface area contributed by atoms with Crippen molar-refractivity contribution >= 4 is 29.4 Å². The van der Waals surface area contributed by atoms with Crippen molar-refractivity contribution in [3.05, 3.63) is 34.9 Å². The monoisotopic (exact) mass is 350 g/mol. The highest BCUT2D eigenvalue weighted by Gasteiger charge is 2.43. The highest BCUT2D eigenvalue weighted by atomic mass is 35.5. The van der Waals surface area contributed by atoms with Crippen LogP contribution >= 0.6 is 11.6 Å². The minimum atomic E-state index is -0.894. The third-order valence-corrected chi connectivity index (χ3v) is 5.09. The van der Waals surface area contributed by atoms with Crippen molar-refractivity contribution < 1.29 is 19.5 Å². The summed E-state index contributed by atoms with van der Waals surface area (Å²) < 4.78 is 0. The van der Waals surface area contributed by atoms with E-state index in [1.54, 1.807) is 34.1 Å². The smallest absolute Gasteiger partial charge is 0.307 e. The van der Waals surface area contributed by atoms with Crippen LogP contribution < -0.4 is 0 Å². The zero-order chi connectivity index (χ0) is 17.3. The van der Waals surface area contributed by atoms with Crippen molar-refractivity contribution in [2.75, 3.05) is 26.2 Å². The van der Waals surface area contributed by atoms with Crippen molar-refractivity contribution in [2.45, 2.75) is 12.8 Å². The summed E-state index contributed by atoms with van der Waals surface area (Å²) in [5.41, 5.74) is 0.534. The number of aliphatic carboxylic acids is 1. The fraction of sp³-hybridized carbons (Fsp3) is 0.471. The molecule has 128 valence electrons. The van der Waals surface area contributed by atoms with Gasteiger partial charge in [0.2, 0.25) is 5.91 Å². The first-order valence-corrected chi connectivity index (χ1v) is 8.41. The van der Waals surface area contributed by atoms with Crippen molar-refractivity contribution in [1.29, 1.82) is 0 Å². The Kier molecular flexibility index (Phi) is 4.76. The van der Waals surface area contributed by atoms with E-state index in [9.17, 15) is 14.4 Å². The lowest BCUT2D eigenvalue weighted by Crippen LogP contribution is -2.54. The van der Waals surface area contributed by atoms with Crippen LogP contribution in [0.15, 0.2) is 24.3 Å². The molecule has 1 aliphatic carbocycles. The fourth-order valence-electron chi connectivity index (χ4n) is 3.26. The van der Waals surface area contributed by atoms with E-state index in [-0.39, 0.29) is 11.8 Å². The minimum absolute atomic E-state index is 0.0940. The van der Waals surface area contributed by atoms with Gasteiger partial charge in [-0.25, -0.2) is 0 Å². The Balaban J connectivity index is 1.57. The predicted octanol–water partition coefficient (Wildman–Crippen LogP) is 1.74. The summed E-state index contributed by atoms with van der Waals surface area (Å²) in [6.45, 7) is 1.77. The average molecular weight is 351 g/mol. The Morgan fingerprint density at radius 1 is 1.00 bits per heavy atom. The molecule has 7 heteroatoms. The van der Waals surface area contributed by atoms with E-state index >= 15 is 0 Å². The maximum absolute atomic E-state index is 12.5. The standard InChI is InChI=1S/C17H19ClN2O4/c18-12-3-1-2-11(10-12)15(21)19-6-8-20(9-7-19)16(22)13-4-5-14(13)17(23)24/h1-3,10,13-14H,4-9H2,(H,23,24). The van der Waals surface area contributed by atoms with Crippen LogP contribution in [0.4, 0.5) is 0 Å². The van der Waals surface area contributed by atoms with Gasteiger partial charge in [-0.05, 0) is 31.0 Å². The molecular formula is C17H19ClN2O4. The molecule has 2 fully saturated rings. The number of nitrogens with zero attached hydrogens (tertiary/aromatic N) is 2. The van der Waals surface area contributed by atoms with Gasteiger partial charge >= 0.3 is 5.97 Å². The van der Waals surface area contributed by atoms with Crippen LogP contribution in [0.5, 0.6) is 0 Å². The Morgan fingerprint density at radius 2 is 1.62 bits per heavy atom. The molecule has 1 aromatic carbocycles. The molecule has 1 heterocycles. The summed E-state index contributed by atoms with van der Waals surface area (Å²) in [5.74, 6) is -2.05. The van der Waals surface area contributed by atoms with Gasteiger partial charge in [0.05, 0.1) is 11.8 Å². The largest absolute Gasteiger partial charge is 0.481 e. The van der Waals surface area contributed by atoms with Crippen molar-refractivity contribution in [2.24, 2.45) is 11.8 Å². The molecule has 1 aliphatic heterocycles. The molecule has 2 aliphatic rings.